The highest BCUT2D eigenvalue weighted by Gasteiger charge is 2.13. The van der Waals surface area contributed by atoms with Crippen LogP contribution in [-0.4, -0.2) is 21.0 Å². The average Bonchev–Trinajstić information content (AvgIpc) is 3.09. The molecule has 22 heavy (non-hydrogen) atoms. The van der Waals surface area contributed by atoms with E-state index in [0.717, 1.165) is 32.9 Å². The molecule has 0 saturated carbocycles. The van der Waals surface area contributed by atoms with Gasteiger partial charge < -0.3 is 20.8 Å². The Labute approximate surface area is 125 Å². The number of hydrogen-bond acceptors (Lipinski definition) is 2. The van der Waals surface area contributed by atoms with Crippen molar-refractivity contribution >= 4 is 33.5 Å². The van der Waals surface area contributed by atoms with Crippen LogP contribution in [0.25, 0.3) is 32.9 Å². The number of carbonyl (C=O) groups is 1. The van der Waals surface area contributed by atoms with Crippen molar-refractivity contribution in [2.24, 2.45) is 0 Å². The monoisotopic (exact) mass is 291 g/mol. The topological polar surface area (TPSA) is 94.9 Å². The van der Waals surface area contributed by atoms with Crippen LogP contribution in [0.4, 0.5) is 5.69 Å². The van der Waals surface area contributed by atoms with Crippen LogP contribution in [0.2, 0.25) is 0 Å². The van der Waals surface area contributed by atoms with Gasteiger partial charge >= 0.3 is 5.97 Å². The standard InChI is InChI=1S/C17H13N3O2/c18-10-2-4-16-12(6-10)14(8-20-16)13-7-19-15-3-1-9(17(21)22)5-11(13)15/h1-8,19-20H,18H2,(H,21,22). The number of aromatic amines is 2. The van der Waals surface area contributed by atoms with Crippen LogP contribution in [0.5, 0.6) is 0 Å². The van der Waals surface area contributed by atoms with Gasteiger partial charge in [0.05, 0.1) is 5.56 Å². The van der Waals surface area contributed by atoms with Crippen molar-refractivity contribution in [2.45, 2.75) is 0 Å². The van der Waals surface area contributed by atoms with Crippen molar-refractivity contribution < 1.29 is 9.90 Å². The maximum atomic E-state index is 11.2. The number of nitrogen functional groups attached to an aromatic ring is 1. The minimum absolute atomic E-state index is 0.271. The molecule has 0 aliphatic carbocycles. The molecule has 108 valence electrons. The molecule has 0 saturated heterocycles. The number of carboxylic acids is 1. The summed E-state index contributed by atoms with van der Waals surface area (Å²) in [5, 5.41) is 11.1. The Morgan fingerprint density at radius 1 is 0.909 bits per heavy atom. The number of benzene rings is 2. The zero-order valence-corrected chi connectivity index (χ0v) is 11.6. The zero-order chi connectivity index (χ0) is 15.3. The third-order valence-electron chi connectivity index (χ3n) is 3.92. The first-order valence-electron chi connectivity index (χ1n) is 6.85. The van der Waals surface area contributed by atoms with Crippen LogP contribution in [0.15, 0.2) is 48.8 Å². The fraction of sp³-hybridized carbons (Fsp3) is 0. The summed E-state index contributed by atoms with van der Waals surface area (Å²) < 4.78 is 0. The van der Waals surface area contributed by atoms with Gasteiger partial charge in [0.2, 0.25) is 0 Å². The number of carboxylic acid groups (broad SMARTS) is 1. The van der Waals surface area contributed by atoms with Crippen molar-refractivity contribution in [3.63, 3.8) is 0 Å². The van der Waals surface area contributed by atoms with Gasteiger partial charge in [-0.2, -0.15) is 0 Å². The second-order valence-corrected chi connectivity index (χ2v) is 5.28. The van der Waals surface area contributed by atoms with E-state index in [1.807, 2.05) is 30.6 Å². The number of fused-ring (bicyclic) bond motifs is 2. The van der Waals surface area contributed by atoms with Gasteiger partial charge in [-0.25, -0.2) is 4.79 Å². The third-order valence-corrected chi connectivity index (χ3v) is 3.92. The van der Waals surface area contributed by atoms with E-state index in [9.17, 15) is 9.90 Å². The molecule has 0 bridgehead atoms. The minimum Gasteiger partial charge on any atom is -0.478 e. The first-order valence-corrected chi connectivity index (χ1v) is 6.85. The second kappa shape index (κ2) is 4.39. The first-order chi connectivity index (χ1) is 10.6. The molecule has 4 aromatic rings. The lowest BCUT2D eigenvalue weighted by Crippen LogP contribution is -1.94. The highest BCUT2D eigenvalue weighted by molar-refractivity contribution is 6.07. The van der Waals surface area contributed by atoms with Gasteiger partial charge in [-0.1, -0.05) is 0 Å². The van der Waals surface area contributed by atoms with Gasteiger partial charge in [0, 0.05) is 51.0 Å². The normalized spacial score (nSPS) is 11.3. The summed E-state index contributed by atoms with van der Waals surface area (Å²) in [6, 6.07) is 10.8. The van der Waals surface area contributed by atoms with E-state index in [0.29, 0.717) is 5.69 Å². The van der Waals surface area contributed by atoms with Gasteiger partial charge in [-0.05, 0) is 36.4 Å². The molecule has 2 aromatic carbocycles. The molecular weight excluding hydrogens is 278 g/mol. The van der Waals surface area contributed by atoms with Gasteiger partial charge in [0.1, 0.15) is 0 Å². The predicted octanol–water partition coefficient (Wildman–Crippen LogP) is 3.60. The number of rotatable bonds is 2. The number of nitrogens with one attached hydrogen (secondary N) is 2. The van der Waals surface area contributed by atoms with E-state index in [2.05, 4.69) is 9.97 Å². The molecule has 0 unspecified atom stereocenters. The van der Waals surface area contributed by atoms with Crippen molar-refractivity contribution in [3.05, 3.63) is 54.4 Å². The lowest BCUT2D eigenvalue weighted by Gasteiger charge is -2.00. The maximum absolute atomic E-state index is 11.2. The molecule has 0 atom stereocenters. The van der Waals surface area contributed by atoms with E-state index in [1.165, 1.54) is 0 Å². The lowest BCUT2D eigenvalue weighted by atomic mass is 10.0. The number of aromatic carboxylic acids is 1. The van der Waals surface area contributed by atoms with Crippen LogP contribution in [0.3, 0.4) is 0 Å². The molecule has 2 aromatic heterocycles. The van der Waals surface area contributed by atoms with E-state index < -0.39 is 5.97 Å². The summed E-state index contributed by atoms with van der Waals surface area (Å²) in [5.74, 6) is -0.933. The summed E-state index contributed by atoms with van der Waals surface area (Å²) >= 11 is 0. The quantitative estimate of drug-likeness (QED) is 0.425. The lowest BCUT2D eigenvalue weighted by molar-refractivity contribution is 0.0697. The molecule has 4 rings (SSSR count). The molecule has 0 spiro atoms. The summed E-state index contributed by atoms with van der Waals surface area (Å²) in [7, 11) is 0. The fourth-order valence-electron chi connectivity index (χ4n) is 2.84. The Hall–Kier alpha value is -3.21. The van der Waals surface area contributed by atoms with E-state index in [4.69, 9.17) is 5.73 Å². The van der Waals surface area contributed by atoms with Crippen molar-refractivity contribution in [2.75, 3.05) is 5.73 Å². The number of hydrogen-bond donors (Lipinski definition) is 4. The molecule has 0 aliphatic rings. The number of aromatic nitrogens is 2. The molecule has 5 heteroatoms. The summed E-state index contributed by atoms with van der Waals surface area (Å²) in [6.07, 6.45) is 3.81. The number of anilines is 1. The fourth-order valence-corrected chi connectivity index (χ4v) is 2.84. The van der Waals surface area contributed by atoms with E-state index >= 15 is 0 Å². The predicted molar refractivity (Wildman–Crippen MR) is 87.0 cm³/mol. The highest BCUT2D eigenvalue weighted by atomic mass is 16.4. The summed E-state index contributed by atoms with van der Waals surface area (Å²) in [6.45, 7) is 0. The van der Waals surface area contributed by atoms with Crippen LogP contribution < -0.4 is 5.73 Å². The van der Waals surface area contributed by atoms with Gasteiger partial charge in [-0.15, -0.1) is 0 Å². The van der Waals surface area contributed by atoms with Crippen LogP contribution in [0.1, 0.15) is 10.4 Å². The molecular formula is C17H13N3O2. The molecule has 0 amide bonds. The molecule has 0 fully saturated rings. The minimum atomic E-state index is -0.933. The summed E-state index contributed by atoms with van der Waals surface area (Å²) in [5.41, 5.74) is 10.7. The largest absolute Gasteiger partial charge is 0.478 e. The molecule has 5 N–H and O–H groups in total. The molecule has 0 aliphatic heterocycles. The Bertz CT molecular complexity index is 1030. The van der Waals surface area contributed by atoms with Gasteiger partial charge in [0.15, 0.2) is 0 Å². The molecule has 0 radical (unpaired) electrons. The SMILES string of the molecule is Nc1ccc2[nH]cc(-c3c[nH]c4ccc(C(=O)O)cc34)c2c1. The van der Waals surface area contributed by atoms with E-state index in [-0.39, 0.29) is 5.56 Å². The van der Waals surface area contributed by atoms with Crippen LogP contribution >= 0.6 is 0 Å². The Kier molecular flexibility index (Phi) is 2.50. The summed E-state index contributed by atoms with van der Waals surface area (Å²) in [4.78, 5) is 17.6. The van der Waals surface area contributed by atoms with Crippen molar-refractivity contribution in [1.29, 1.82) is 0 Å². The Morgan fingerprint density at radius 2 is 1.50 bits per heavy atom. The number of nitrogens with two attached hydrogens (primary N) is 1. The average molecular weight is 291 g/mol. The highest BCUT2D eigenvalue weighted by Crippen LogP contribution is 2.35. The Morgan fingerprint density at radius 3 is 2.14 bits per heavy atom. The van der Waals surface area contributed by atoms with Crippen molar-refractivity contribution in [1.82, 2.24) is 9.97 Å². The van der Waals surface area contributed by atoms with Crippen LogP contribution in [-0.2, 0) is 0 Å². The zero-order valence-electron chi connectivity index (χ0n) is 11.6. The first kappa shape index (κ1) is 12.5. The molecule has 2 heterocycles. The van der Waals surface area contributed by atoms with Crippen molar-refractivity contribution in [3.8, 4) is 11.1 Å². The molecule has 5 nitrogen and oxygen atoms in total. The van der Waals surface area contributed by atoms with Gasteiger partial charge in [0.25, 0.3) is 0 Å². The Balaban J connectivity index is 2.01. The number of H-pyrrole nitrogens is 2. The van der Waals surface area contributed by atoms with Crippen LogP contribution in [0, 0.1) is 0 Å². The smallest absolute Gasteiger partial charge is 0.335 e. The second-order valence-electron chi connectivity index (χ2n) is 5.28. The maximum Gasteiger partial charge on any atom is 0.335 e. The van der Waals surface area contributed by atoms with Gasteiger partial charge in [-0.3, -0.25) is 0 Å². The third kappa shape index (κ3) is 1.76. The van der Waals surface area contributed by atoms with E-state index in [1.54, 1.807) is 18.2 Å².